The van der Waals surface area contributed by atoms with E-state index < -0.39 is 0 Å². The molecule has 0 saturated heterocycles. The van der Waals surface area contributed by atoms with E-state index in [4.69, 9.17) is 0 Å². The van der Waals surface area contributed by atoms with Crippen LogP contribution in [0.4, 0.5) is 0 Å². The summed E-state index contributed by atoms with van der Waals surface area (Å²) in [6.07, 6.45) is 6.69. The highest BCUT2D eigenvalue weighted by Gasteiger charge is 1.99. The van der Waals surface area contributed by atoms with Crippen molar-refractivity contribution in [1.29, 1.82) is 0 Å². The Morgan fingerprint density at radius 2 is 1.48 bits per heavy atom. The molecule has 2 aromatic heterocycles. The molecule has 3 rings (SSSR count). The van der Waals surface area contributed by atoms with E-state index in [-0.39, 0.29) is 0 Å². The first-order valence-electron chi connectivity index (χ1n) is 7.83. The number of rotatable bonds is 7. The molecule has 0 saturated carbocycles. The van der Waals surface area contributed by atoms with Crippen LogP contribution in [-0.2, 0) is 19.5 Å². The summed E-state index contributed by atoms with van der Waals surface area (Å²) in [5.74, 6) is 0. The van der Waals surface area contributed by atoms with E-state index >= 15 is 0 Å². The Morgan fingerprint density at radius 1 is 0.739 bits per heavy atom. The van der Waals surface area contributed by atoms with Gasteiger partial charge >= 0.3 is 0 Å². The molecule has 0 aliphatic rings. The number of benzene rings is 1. The second-order valence-corrected chi connectivity index (χ2v) is 5.40. The van der Waals surface area contributed by atoms with Gasteiger partial charge in [-0.05, 0) is 41.8 Å². The van der Waals surface area contributed by atoms with Gasteiger partial charge in [0.15, 0.2) is 0 Å². The van der Waals surface area contributed by atoms with Crippen molar-refractivity contribution in [3.63, 3.8) is 0 Å². The molecule has 0 aliphatic heterocycles. The van der Waals surface area contributed by atoms with E-state index in [1.54, 1.807) is 0 Å². The van der Waals surface area contributed by atoms with Gasteiger partial charge in [-0.2, -0.15) is 0 Å². The molecule has 0 unspecified atom stereocenters. The summed E-state index contributed by atoms with van der Waals surface area (Å²) >= 11 is 0. The van der Waals surface area contributed by atoms with Crippen LogP contribution in [0.5, 0.6) is 0 Å². The Hall–Kier alpha value is -2.52. The first kappa shape index (κ1) is 15.4. The number of nitrogens with one attached hydrogen (secondary N) is 1. The first-order valence-corrected chi connectivity index (χ1v) is 7.83. The zero-order valence-electron chi connectivity index (χ0n) is 13.0. The third kappa shape index (κ3) is 5.01. The normalized spacial score (nSPS) is 10.6. The van der Waals surface area contributed by atoms with Crippen LogP contribution in [-0.4, -0.2) is 9.97 Å². The summed E-state index contributed by atoms with van der Waals surface area (Å²) in [6, 6.07) is 20.6. The van der Waals surface area contributed by atoms with Crippen LogP contribution in [0, 0.1) is 6.42 Å². The molecule has 3 aromatic rings. The van der Waals surface area contributed by atoms with Gasteiger partial charge in [-0.15, -0.1) is 0 Å². The maximum atomic E-state index is 4.31. The van der Waals surface area contributed by atoms with Gasteiger partial charge < -0.3 is 5.32 Å². The maximum absolute atomic E-state index is 4.31. The van der Waals surface area contributed by atoms with Gasteiger partial charge in [0, 0.05) is 37.6 Å². The molecule has 1 aromatic carbocycles. The van der Waals surface area contributed by atoms with Gasteiger partial charge in [0.2, 0.25) is 0 Å². The Bertz CT molecular complexity index is 694. The fourth-order valence-corrected chi connectivity index (χ4v) is 2.35. The molecular weight excluding hydrogens is 282 g/mol. The van der Waals surface area contributed by atoms with E-state index in [0.717, 1.165) is 30.9 Å². The maximum Gasteiger partial charge on any atom is 0.0541 e. The van der Waals surface area contributed by atoms with E-state index in [1.165, 1.54) is 11.1 Å². The predicted molar refractivity (Wildman–Crippen MR) is 92.6 cm³/mol. The molecule has 0 aliphatic carbocycles. The highest BCUT2D eigenvalue weighted by Crippen LogP contribution is 2.09. The summed E-state index contributed by atoms with van der Waals surface area (Å²) < 4.78 is 0. The van der Waals surface area contributed by atoms with E-state index in [9.17, 15) is 0 Å². The fraction of sp³-hybridized carbons (Fsp3) is 0.150. The van der Waals surface area contributed by atoms with Crippen molar-refractivity contribution in [2.45, 2.75) is 19.5 Å². The fourth-order valence-electron chi connectivity index (χ4n) is 2.35. The van der Waals surface area contributed by atoms with Gasteiger partial charge in [0.25, 0.3) is 0 Å². The van der Waals surface area contributed by atoms with Crippen molar-refractivity contribution in [2.75, 3.05) is 0 Å². The van der Waals surface area contributed by atoms with E-state index in [0.29, 0.717) is 0 Å². The smallest absolute Gasteiger partial charge is 0.0541 e. The van der Waals surface area contributed by atoms with Gasteiger partial charge in [0.05, 0.1) is 5.69 Å². The van der Waals surface area contributed by atoms with Gasteiger partial charge in [-0.25, -0.2) is 0 Å². The van der Waals surface area contributed by atoms with Crippen LogP contribution in [0.1, 0.15) is 22.5 Å². The molecule has 3 heteroatoms. The minimum absolute atomic E-state index is 0.788. The summed E-state index contributed by atoms with van der Waals surface area (Å²) in [5.41, 5.74) is 4.66. The average molecular weight is 302 g/mol. The van der Waals surface area contributed by atoms with Crippen LogP contribution in [0.2, 0.25) is 0 Å². The third-order valence-corrected chi connectivity index (χ3v) is 3.62. The summed E-state index contributed by atoms with van der Waals surface area (Å²) in [4.78, 5) is 8.61. The van der Waals surface area contributed by atoms with Crippen molar-refractivity contribution in [3.8, 4) is 0 Å². The molecular formula is C20H20N3. The van der Waals surface area contributed by atoms with E-state index in [2.05, 4.69) is 46.0 Å². The van der Waals surface area contributed by atoms with Gasteiger partial charge in [0.1, 0.15) is 0 Å². The molecule has 1 radical (unpaired) electrons. The molecule has 0 amide bonds. The molecule has 23 heavy (non-hydrogen) atoms. The molecule has 3 nitrogen and oxygen atoms in total. The second kappa shape index (κ2) is 8.20. The molecule has 0 bridgehead atoms. The topological polar surface area (TPSA) is 37.8 Å². The van der Waals surface area contributed by atoms with Crippen molar-refractivity contribution in [1.82, 2.24) is 15.3 Å². The highest BCUT2D eigenvalue weighted by molar-refractivity contribution is 5.26. The largest absolute Gasteiger partial charge is 0.307 e. The minimum atomic E-state index is 0.788. The van der Waals surface area contributed by atoms with E-state index in [1.807, 2.05) is 48.8 Å². The molecule has 0 spiro atoms. The van der Waals surface area contributed by atoms with Gasteiger partial charge in [-0.3, -0.25) is 9.97 Å². The van der Waals surface area contributed by atoms with Crippen molar-refractivity contribution >= 4 is 0 Å². The molecule has 2 heterocycles. The Morgan fingerprint density at radius 3 is 2.17 bits per heavy atom. The Kier molecular flexibility index (Phi) is 5.48. The monoisotopic (exact) mass is 302 g/mol. The standard InChI is InChI=1S/C20H20N3/c1-3-13-22-19(5-1)12-11-17-7-9-18(10-8-17)15-21-16-20-6-2-4-14-23-20/h1-10,12-14,21H,11,15-16H2. The summed E-state index contributed by atoms with van der Waals surface area (Å²) in [7, 11) is 0. The van der Waals surface area contributed by atoms with Crippen LogP contribution in [0.3, 0.4) is 0 Å². The van der Waals surface area contributed by atoms with Crippen LogP contribution >= 0.6 is 0 Å². The average Bonchev–Trinajstić information content (AvgIpc) is 2.63. The number of hydrogen-bond acceptors (Lipinski definition) is 3. The van der Waals surface area contributed by atoms with Gasteiger partial charge in [-0.1, -0.05) is 36.4 Å². The minimum Gasteiger partial charge on any atom is -0.307 e. The zero-order valence-corrected chi connectivity index (χ0v) is 13.0. The predicted octanol–water partition coefficient (Wildman–Crippen LogP) is 3.56. The number of pyridine rings is 2. The first-order chi connectivity index (χ1) is 11.4. The zero-order chi connectivity index (χ0) is 15.7. The van der Waals surface area contributed by atoms with Crippen molar-refractivity contribution < 1.29 is 0 Å². The lowest BCUT2D eigenvalue weighted by atomic mass is 10.1. The number of nitrogens with zero attached hydrogens (tertiary/aromatic N) is 2. The lowest BCUT2D eigenvalue weighted by molar-refractivity contribution is 0.679. The second-order valence-electron chi connectivity index (χ2n) is 5.40. The molecule has 1 N–H and O–H groups in total. The molecule has 0 atom stereocenters. The third-order valence-electron chi connectivity index (χ3n) is 3.62. The number of hydrogen-bond donors (Lipinski definition) is 1. The van der Waals surface area contributed by atoms with Crippen LogP contribution in [0.25, 0.3) is 0 Å². The summed E-state index contributed by atoms with van der Waals surface area (Å²) in [5, 5.41) is 3.41. The van der Waals surface area contributed by atoms with Crippen LogP contribution in [0.15, 0.2) is 73.1 Å². The Labute approximate surface area is 137 Å². The molecule has 115 valence electrons. The summed E-state index contributed by atoms with van der Waals surface area (Å²) in [6.45, 7) is 1.64. The van der Waals surface area contributed by atoms with Crippen molar-refractivity contribution in [3.05, 3.63) is 102 Å². The molecule has 0 fully saturated rings. The highest BCUT2D eigenvalue weighted by atomic mass is 14.9. The van der Waals surface area contributed by atoms with Crippen LogP contribution < -0.4 is 5.32 Å². The Balaban J connectivity index is 1.45. The SMILES string of the molecule is [CH](Cc1ccc(CNCc2ccccn2)cc1)c1ccccn1. The lowest BCUT2D eigenvalue weighted by Crippen LogP contribution is -2.13. The lowest BCUT2D eigenvalue weighted by Gasteiger charge is -2.06. The number of aromatic nitrogens is 2. The van der Waals surface area contributed by atoms with Crippen molar-refractivity contribution in [2.24, 2.45) is 0 Å². The quantitative estimate of drug-likeness (QED) is 0.725.